The van der Waals surface area contributed by atoms with E-state index >= 15 is 0 Å². The summed E-state index contributed by atoms with van der Waals surface area (Å²) in [6, 6.07) is 10.0. The number of rotatable bonds is 3. The van der Waals surface area contributed by atoms with Crippen LogP contribution >= 0.6 is 0 Å². The van der Waals surface area contributed by atoms with E-state index in [9.17, 15) is 5.11 Å². The van der Waals surface area contributed by atoms with Gasteiger partial charge in [0, 0.05) is 0 Å². The highest BCUT2D eigenvalue weighted by Gasteiger charge is 2.42. The molecule has 0 saturated carbocycles. The van der Waals surface area contributed by atoms with Crippen molar-refractivity contribution >= 4 is 6.08 Å². The maximum Gasteiger partial charge on any atom is 0.164 e. The molecule has 0 unspecified atom stereocenters. The SMILES string of the molecule is C[C@H](O)[C@H]1OC(C)(C)O[C@@H]1/C=C/c1ccccc1. The fourth-order valence-electron chi connectivity index (χ4n) is 2.11. The second kappa shape index (κ2) is 5.22. The van der Waals surface area contributed by atoms with Crippen LogP contribution in [0.4, 0.5) is 0 Å². The van der Waals surface area contributed by atoms with Crippen LogP contribution in [0.15, 0.2) is 36.4 Å². The van der Waals surface area contributed by atoms with E-state index < -0.39 is 11.9 Å². The third-order valence-corrected chi connectivity index (χ3v) is 2.92. The number of hydrogen-bond donors (Lipinski definition) is 1. The highest BCUT2D eigenvalue weighted by atomic mass is 16.8. The maximum atomic E-state index is 9.71. The standard InChI is InChI=1S/C15H20O3/c1-11(16)14-13(17-15(2,3)18-14)10-9-12-7-5-4-6-8-12/h4-11,13-14,16H,1-3H3/b10-9+/t11-,13+,14+/m0/s1. The summed E-state index contributed by atoms with van der Waals surface area (Å²) in [5.41, 5.74) is 1.11. The summed E-state index contributed by atoms with van der Waals surface area (Å²) in [6.07, 6.45) is 2.84. The Labute approximate surface area is 108 Å². The first kappa shape index (κ1) is 13.3. The molecule has 18 heavy (non-hydrogen) atoms. The normalized spacial score (nSPS) is 28.7. The van der Waals surface area contributed by atoms with Crippen LogP contribution in [0.3, 0.4) is 0 Å². The molecule has 1 aromatic rings. The smallest absolute Gasteiger partial charge is 0.164 e. The predicted molar refractivity (Wildman–Crippen MR) is 71.0 cm³/mol. The van der Waals surface area contributed by atoms with Gasteiger partial charge in [-0.1, -0.05) is 42.5 Å². The van der Waals surface area contributed by atoms with Crippen molar-refractivity contribution in [3.05, 3.63) is 42.0 Å². The number of hydrogen-bond acceptors (Lipinski definition) is 3. The molecular formula is C15H20O3. The molecule has 3 atom stereocenters. The second-order valence-electron chi connectivity index (χ2n) is 5.08. The van der Waals surface area contributed by atoms with Gasteiger partial charge in [-0.25, -0.2) is 0 Å². The molecule has 0 aliphatic carbocycles. The fraction of sp³-hybridized carbons (Fsp3) is 0.467. The van der Waals surface area contributed by atoms with Gasteiger partial charge in [0.15, 0.2) is 5.79 Å². The molecule has 1 aliphatic rings. The Morgan fingerprint density at radius 2 is 1.89 bits per heavy atom. The molecule has 1 aromatic carbocycles. The lowest BCUT2D eigenvalue weighted by Gasteiger charge is -2.18. The molecule has 3 nitrogen and oxygen atoms in total. The van der Waals surface area contributed by atoms with E-state index in [0.29, 0.717) is 0 Å². The first-order chi connectivity index (χ1) is 8.48. The van der Waals surface area contributed by atoms with Crippen LogP contribution < -0.4 is 0 Å². The molecule has 0 spiro atoms. The molecule has 1 N–H and O–H groups in total. The highest BCUT2D eigenvalue weighted by molar-refractivity contribution is 5.49. The Morgan fingerprint density at radius 3 is 2.50 bits per heavy atom. The van der Waals surface area contributed by atoms with Crippen molar-refractivity contribution in [3.63, 3.8) is 0 Å². The van der Waals surface area contributed by atoms with Gasteiger partial charge in [-0.2, -0.15) is 0 Å². The van der Waals surface area contributed by atoms with Gasteiger partial charge in [-0.05, 0) is 26.3 Å². The molecule has 0 aromatic heterocycles. The Bertz CT molecular complexity index is 409. The number of aliphatic hydroxyl groups is 1. The average molecular weight is 248 g/mol. The maximum absolute atomic E-state index is 9.71. The highest BCUT2D eigenvalue weighted by Crippen LogP contribution is 2.30. The minimum atomic E-state index is -0.645. The van der Waals surface area contributed by atoms with Crippen LogP contribution in [0.1, 0.15) is 26.3 Å². The molecule has 0 radical (unpaired) electrons. The fourth-order valence-corrected chi connectivity index (χ4v) is 2.11. The first-order valence-corrected chi connectivity index (χ1v) is 6.25. The van der Waals surface area contributed by atoms with Crippen LogP contribution in [0, 0.1) is 0 Å². The topological polar surface area (TPSA) is 38.7 Å². The van der Waals surface area contributed by atoms with Gasteiger partial charge in [0.05, 0.1) is 6.10 Å². The van der Waals surface area contributed by atoms with E-state index in [0.717, 1.165) is 5.56 Å². The van der Waals surface area contributed by atoms with E-state index in [1.807, 2.05) is 56.3 Å². The molecule has 0 bridgehead atoms. The Balaban J connectivity index is 2.10. The van der Waals surface area contributed by atoms with Crippen molar-refractivity contribution in [3.8, 4) is 0 Å². The van der Waals surface area contributed by atoms with E-state index in [4.69, 9.17) is 9.47 Å². The minimum Gasteiger partial charge on any atom is -0.391 e. The lowest BCUT2D eigenvalue weighted by Crippen LogP contribution is -2.32. The molecule has 1 heterocycles. The second-order valence-corrected chi connectivity index (χ2v) is 5.08. The molecule has 98 valence electrons. The Morgan fingerprint density at radius 1 is 1.22 bits per heavy atom. The Hall–Kier alpha value is -1.16. The summed E-state index contributed by atoms with van der Waals surface area (Å²) in [5.74, 6) is -0.645. The molecule has 1 saturated heterocycles. The van der Waals surface area contributed by atoms with Gasteiger partial charge in [0.25, 0.3) is 0 Å². The van der Waals surface area contributed by atoms with E-state index in [-0.39, 0.29) is 12.2 Å². The van der Waals surface area contributed by atoms with E-state index in [2.05, 4.69) is 0 Å². The van der Waals surface area contributed by atoms with Crippen LogP contribution in [0.2, 0.25) is 0 Å². The van der Waals surface area contributed by atoms with Crippen LogP contribution in [0.5, 0.6) is 0 Å². The summed E-state index contributed by atoms with van der Waals surface area (Å²) in [6.45, 7) is 5.44. The minimum absolute atomic E-state index is 0.222. The van der Waals surface area contributed by atoms with E-state index in [1.165, 1.54) is 0 Å². The van der Waals surface area contributed by atoms with Gasteiger partial charge in [0.1, 0.15) is 12.2 Å². The zero-order valence-corrected chi connectivity index (χ0v) is 11.0. The van der Waals surface area contributed by atoms with Crippen molar-refractivity contribution in [2.24, 2.45) is 0 Å². The van der Waals surface area contributed by atoms with E-state index in [1.54, 1.807) is 6.92 Å². The third-order valence-electron chi connectivity index (χ3n) is 2.92. The lowest BCUT2D eigenvalue weighted by atomic mass is 10.1. The van der Waals surface area contributed by atoms with Crippen molar-refractivity contribution in [2.75, 3.05) is 0 Å². The summed E-state index contributed by atoms with van der Waals surface area (Å²) >= 11 is 0. The lowest BCUT2D eigenvalue weighted by molar-refractivity contribution is -0.152. The van der Waals surface area contributed by atoms with Crippen molar-refractivity contribution in [1.29, 1.82) is 0 Å². The number of aliphatic hydroxyl groups excluding tert-OH is 1. The largest absolute Gasteiger partial charge is 0.391 e. The molecule has 2 rings (SSSR count). The predicted octanol–water partition coefficient (Wildman–Crippen LogP) is 2.60. The Kier molecular flexibility index (Phi) is 3.85. The van der Waals surface area contributed by atoms with Gasteiger partial charge in [0.2, 0.25) is 0 Å². The summed E-state index contributed by atoms with van der Waals surface area (Å²) in [5, 5.41) is 9.71. The first-order valence-electron chi connectivity index (χ1n) is 6.25. The van der Waals surface area contributed by atoms with Crippen molar-refractivity contribution < 1.29 is 14.6 Å². The van der Waals surface area contributed by atoms with Crippen LogP contribution in [0.25, 0.3) is 6.08 Å². The van der Waals surface area contributed by atoms with Gasteiger partial charge < -0.3 is 14.6 Å². The van der Waals surface area contributed by atoms with Crippen molar-refractivity contribution in [2.45, 2.75) is 44.9 Å². The van der Waals surface area contributed by atoms with Gasteiger partial charge in [-0.15, -0.1) is 0 Å². The van der Waals surface area contributed by atoms with Crippen LogP contribution in [-0.2, 0) is 9.47 Å². The zero-order valence-electron chi connectivity index (χ0n) is 11.0. The summed E-state index contributed by atoms with van der Waals surface area (Å²) in [7, 11) is 0. The van der Waals surface area contributed by atoms with Gasteiger partial charge in [-0.3, -0.25) is 0 Å². The zero-order chi connectivity index (χ0) is 13.2. The molecular weight excluding hydrogens is 228 g/mol. The quantitative estimate of drug-likeness (QED) is 0.893. The summed E-state index contributed by atoms with van der Waals surface area (Å²) < 4.78 is 11.5. The van der Waals surface area contributed by atoms with Crippen molar-refractivity contribution in [1.82, 2.24) is 0 Å². The third kappa shape index (κ3) is 3.19. The number of ether oxygens (including phenoxy) is 2. The number of benzene rings is 1. The molecule has 0 amide bonds. The summed E-state index contributed by atoms with van der Waals surface area (Å²) in [4.78, 5) is 0. The monoisotopic (exact) mass is 248 g/mol. The molecule has 3 heteroatoms. The van der Waals surface area contributed by atoms with Crippen LogP contribution in [-0.4, -0.2) is 29.2 Å². The van der Waals surface area contributed by atoms with Gasteiger partial charge >= 0.3 is 0 Å². The molecule has 1 aliphatic heterocycles. The average Bonchev–Trinajstić information content (AvgIpc) is 2.64. The molecule has 1 fully saturated rings.